The predicted molar refractivity (Wildman–Crippen MR) is 63.4 cm³/mol. The fourth-order valence-corrected chi connectivity index (χ4v) is 1.68. The van der Waals surface area contributed by atoms with E-state index < -0.39 is 12.5 Å². The SMILES string of the molecule is CNCC(O)c1cc(C(F)F)c(OC)cc1OC. The Labute approximate surface area is 105 Å². The normalized spacial score (nSPS) is 12.6. The lowest BCUT2D eigenvalue weighted by atomic mass is 10.0. The van der Waals surface area contributed by atoms with Crippen LogP contribution < -0.4 is 14.8 Å². The maximum atomic E-state index is 12.9. The Morgan fingerprint density at radius 3 is 2.17 bits per heavy atom. The van der Waals surface area contributed by atoms with Gasteiger partial charge in [0, 0.05) is 18.2 Å². The summed E-state index contributed by atoms with van der Waals surface area (Å²) in [6.45, 7) is 0.241. The van der Waals surface area contributed by atoms with E-state index in [0.717, 1.165) is 0 Å². The lowest BCUT2D eigenvalue weighted by Crippen LogP contribution is -2.17. The second-order valence-electron chi connectivity index (χ2n) is 3.71. The summed E-state index contributed by atoms with van der Waals surface area (Å²) in [6, 6.07) is 2.57. The van der Waals surface area contributed by atoms with Gasteiger partial charge in [-0.2, -0.15) is 0 Å². The summed E-state index contributed by atoms with van der Waals surface area (Å²) in [7, 11) is 4.38. The first-order valence-corrected chi connectivity index (χ1v) is 5.41. The van der Waals surface area contributed by atoms with Gasteiger partial charge >= 0.3 is 0 Å². The van der Waals surface area contributed by atoms with E-state index >= 15 is 0 Å². The Balaban J connectivity index is 3.27. The Bertz CT molecular complexity index is 399. The highest BCUT2D eigenvalue weighted by atomic mass is 19.3. The second kappa shape index (κ2) is 6.51. The minimum atomic E-state index is -2.67. The molecule has 0 heterocycles. The van der Waals surface area contributed by atoms with Gasteiger partial charge in [-0.15, -0.1) is 0 Å². The molecule has 0 aliphatic heterocycles. The molecule has 1 rings (SSSR count). The van der Waals surface area contributed by atoms with Crippen LogP contribution in [0, 0.1) is 0 Å². The van der Waals surface area contributed by atoms with Gasteiger partial charge < -0.3 is 19.9 Å². The first-order chi connectivity index (χ1) is 8.54. The van der Waals surface area contributed by atoms with Crippen molar-refractivity contribution in [2.24, 2.45) is 0 Å². The second-order valence-corrected chi connectivity index (χ2v) is 3.71. The summed E-state index contributed by atoms with van der Waals surface area (Å²) in [5.41, 5.74) is 0.0476. The minimum absolute atomic E-state index is 0.0438. The van der Waals surface area contributed by atoms with E-state index in [4.69, 9.17) is 9.47 Å². The molecule has 18 heavy (non-hydrogen) atoms. The molecule has 0 fully saturated rings. The number of hydrogen-bond donors (Lipinski definition) is 2. The number of rotatable bonds is 6. The number of aliphatic hydroxyl groups is 1. The molecule has 0 radical (unpaired) electrons. The summed E-state index contributed by atoms with van der Waals surface area (Å²) in [4.78, 5) is 0. The Kier molecular flexibility index (Phi) is 5.30. The Morgan fingerprint density at radius 1 is 1.17 bits per heavy atom. The zero-order chi connectivity index (χ0) is 13.7. The van der Waals surface area contributed by atoms with Crippen molar-refractivity contribution in [2.75, 3.05) is 27.8 Å². The summed E-state index contributed by atoms with van der Waals surface area (Å²) in [5.74, 6) is 0.362. The molecule has 2 N–H and O–H groups in total. The number of ether oxygens (including phenoxy) is 2. The molecular formula is C12H17F2NO3. The number of methoxy groups -OCH3 is 2. The molecule has 6 heteroatoms. The average Bonchev–Trinajstić information content (AvgIpc) is 2.37. The summed E-state index contributed by atoms with van der Waals surface area (Å²) in [6.07, 6.45) is -3.60. The number of alkyl halides is 2. The summed E-state index contributed by atoms with van der Waals surface area (Å²) >= 11 is 0. The molecule has 1 aromatic rings. The molecule has 1 unspecified atom stereocenters. The molecule has 0 bridgehead atoms. The van der Waals surface area contributed by atoms with Crippen molar-refractivity contribution in [3.63, 3.8) is 0 Å². The fraction of sp³-hybridized carbons (Fsp3) is 0.500. The van der Waals surface area contributed by atoms with Crippen LogP contribution in [-0.4, -0.2) is 32.9 Å². The van der Waals surface area contributed by atoms with E-state index in [2.05, 4.69) is 5.32 Å². The monoisotopic (exact) mass is 261 g/mol. The van der Waals surface area contributed by atoms with E-state index in [9.17, 15) is 13.9 Å². The molecule has 1 atom stereocenters. The highest BCUT2D eigenvalue weighted by Gasteiger charge is 2.21. The smallest absolute Gasteiger partial charge is 0.267 e. The van der Waals surface area contributed by atoms with Crippen LogP contribution in [0.15, 0.2) is 12.1 Å². The van der Waals surface area contributed by atoms with Gasteiger partial charge in [0.2, 0.25) is 0 Å². The predicted octanol–water partition coefficient (Wildman–Crippen LogP) is 1.89. The molecule has 4 nitrogen and oxygen atoms in total. The highest BCUT2D eigenvalue weighted by Crippen LogP contribution is 2.37. The molecule has 0 aromatic heterocycles. The van der Waals surface area contributed by atoms with E-state index in [1.54, 1.807) is 7.05 Å². The van der Waals surface area contributed by atoms with Crippen molar-refractivity contribution in [3.05, 3.63) is 23.3 Å². The van der Waals surface area contributed by atoms with Crippen molar-refractivity contribution in [1.29, 1.82) is 0 Å². The standard InChI is InChI=1S/C12H17F2NO3/c1-15-6-9(16)7-4-8(12(13)14)11(18-3)5-10(7)17-2/h4-5,9,12,15-16H,6H2,1-3H3. The molecule has 0 aliphatic rings. The van der Waals surface area contributed by atoms with E-state index in [1.807, 2.05) is 0 Å². The van der Waals surface area contributed by atoms with Gasteiger partial charge in [-0.1, -0.05) is 0 Å². The third-order valence-electron chi connectivity index (χ3n) is 2.57. The van der Waals surface area contributed by atoms with Crippen molar-refractivity contribution in [2.45, 2.75) is 12.5 Å². The van der Waals surface area contributed by atoms with Crippen LogP contribution in [0.2, 0.25) is 0 Å². The van der Waals surface area contributed by atoms with Gasteiger partial charge in [0.25, 0.3) is 6.43 Å². The molecule has 1 aromatic carbocycles. The van der Waals surface area contributed by atoms with Gasteiger partial charge in [-0.3, -0.25) is 0 Å². The van der Waals surface area contributed by atoms with Crippen molar-refractivity contribution in [1.82, 2.24) is 5.32 Å². The van der Waals surface area contributed by atoms with Gasteiger partial charge in [-0.05, 0) is 13.1 Å². The van der Waals surface area contributed by atoms with Crippen molar-refractivity contribution >= 4 is 0 Å². The van der Waals surface area contributed by atoms with Crippen molar-refractivity contribution in [3.8, 4) is 11.5 Å². The number of nitrogens with one attached hydrogen (secondary N) is 1. The van der Waals surface area contributed by atoms with E-state index in [-0.39, 0.29) is 17.9 Å². The topological polar surface area (TPSA) is 50.7 Å². The van der Waals surface area contributed by atoms with Gasteiger partial charge in [0.1, 0.15) is 11.5 Å². The molecule has 0 amide bonds. The van der Waals surface area contributed by atoms with Crippen LogP contribution in [0.4, 0.5) is 8.78 Å². The van der Waals surface area contributed by atoms with E-state index in [1.165, 1.54) is 26.4 Å². The van der Waals surface area contributed by atoms with Crippen LogP contribution in [0.3, 0.4) is 0 Å². The maximum Gasteiger partial charge on any atom is 0.267 e. The third kappa shape index (κ3) is 3.08. The molecule has 102 valence electrons. The van der Waals surface area contributed by atoms with Crippen LogP contribution >= 0.6 is 0 Å². The van der Waals surface area contributed by atoms with Crippen LogP contribution in [0.25, 0.3) is 0 Å². The number of halogens is 2. The maximum absolute atomic E-state index is 12.9. The first-order valence-electron chi connectivity index (χ1n) is 5.41. The van der Waals surface area contributed by atoms with Crippen LogP contribution in [-0.2, 0) is 0 Å². The zero-order valence-corrected chi connectivity index (χ0v) is 10.5. The van der Waals surface area contributed by atoms with Gasteiger partial charge in [0.05, 0.1) is 25.9 Å². The molecular weight excluding hydrogens is 244 g/mol. The largest absolute Gasteiger partial charge is 0.496 e. The van der Waals surface area contributed by atoms with E-state index in [0.29, 0.717) is 11.3 Å². The number of likely N-dealkylation sites (N-methyl/N-ethyl adjacent to an activating group) is 1. The lowest BCUT2D eigenvalue weighted by Gasteiger charge is -2.18. The zero-order valence-electron chi connectivity index (χ0n) is 10.5. The fourth-order valence-electron chi connectivity index (χ4n) is 1.68. The highest BCUT2D eigenvalue weighted by molar-refractivity contribution is 5.48. The molecule has 0 saturated heterocycles. The Morgan fingerprint density at radius 2 is 1.72 bits per heavy atom. The average molecular weight is 261 g/mol. The minimum Gasteiger partial charge on any atom is -0.496 e. The molecule has 0 spiro atoms. The first kappa shape index (κ1) is 14.7. The molecule has 0 aliphatic carbocycles. The van der Waals surface area contributed by atoms with Crippen LogP contribution in [0.1, 0.15) is 23.7 Å². The number of aliphatic hydroxyl groups excluding tert-OH is 1. The number of hydrogen-bond acceptors (Lipinski definition) is 4. The summed E-state index contributed by atoms with van der Waals surface area (Å²) in [5, 5.41) is 12.6. The van der Waals surface area contributed by atoms with Gasteiger partial charge in [0.15, 0.2) is 0 Å². The third-order valence-corrected chi connectivity index (χ3v) is 2.57. The van der Waals surface area contributed by atoms with Crippen molar-refractivity contribution < 1.29 is 23.4 Å². The quantitative estimate of drug-likeness (QED) is 0.821. The van der Waals surface area contributed by atoms with Crippen LogP contribution in [0.5, 0.6) is 11.5 Å². The Hall–Kier alpha value is -1.40. The molecule has 0 saturated carbocycles. The summed E-state index contributed by atoms with van der Waals surface area (Å²) < 4.78 is 35.7. The number of benzene rings is 1. The van der Waals surface area contributed by atoms with Gasteiger partial charge in [-0.25, -0.2) is 8.78 Å². The lowest BCUT2D eigenvalue weighted by molar-refractivity contribution is 0.144.